The lowest BCUT2D eigenvalue weighted by Gasteiger charge is -2.50. The molecule has 5 aromatic carbocycles. The Morgan fingerprint density at radius 3 is 1.92 bits per heavy atom. The fourth-order valence-electron chi connectivity index (χ4n) is 7.81. The molecule has 2 aliphatic heterocycles. The van der Waals surface area contributed by atoms with Gasteiger partial charge in [-0.05, 0) is 40.3 Å². The van der Waals surface area contributed by atoms with Crippen LogP contribution in [0.2, 0.25) is 0 Å². The minimum atomic E-state index is -1.02. The zero-order chi connectivity index (χ0) is 44.8. The largest absolute Gasteiger partial charge is 0.448 e. The molecule has 0 spiro atoms. The number of oxime groups is 1. The number of benzene rings is 5. The van der Waals surface area contributed by atoms with E-state index in [-0.39, 0.29) is 30.1 Å². The predicted octanol–water partition coefficient (Wildman–Crippen LogP) is 8.50. The number of hydrogen-bond donors (Lipinski definition) is 2. The highest BCUT2D eigenvalue weighted by atomic mass is 32.1. The molecule has 4 heterocycles. The van der Waals surface area contributed by atoms with Crippen LogP contribution >= 0.6 is 34.9 Å². The van der Waals surface area contributed by atoms with Gasteiger partial charge in [-0.2, -0.15) is 0 Å². The van der Waals surface area contributed by atoms with E-state index in [9.17, 15) is 9.59 Å². The number of nitrogens with one attached hydrogen (secondary N) is 2. The SMILES string of the molecule is CON=C(C(=O)NC1ON2C(C(=O)OC(c3ccccc3)c3ccccc3)=C(CC(=S)c3nnc(C)s3)COC12)c1csc(NC(c2ccccc2)(c2ccccc2)c2ccccc2)n1. The highest BCUT2D eigenvalue weighted by molar-refractivity contribution is 7.81. The average Bonchev–Trinajstić information content (AvgIpc) is 4.01. The van der Waals surface area contributed by atoms with E-state index in [1.807, 2.05) is 122 Å². The van der Waals surface area contributed by atoms with Crippen LogP contribution in [-0.2, 0) is 34.3 Å². The molecule has 1 saturated heterocycles. The zero-order valence-corrected chi connectivity index (χ0v) is 37.5. The van der Waals surface area contributed by atoms with Crippen molar-refractivity contribution in [1.29, 1.82) is 0 Å². The van der Waals surface area contributed by atoms with Gasteiger partial charge in [-0.3, -0.25) is 4.79 Å². The summed E-state index contributed by atoms with van der Waals surface area (Å²) in [7, 11) is 1.35. The van der Waals surface area contributed by atoms with Crippen LogP contribution in [0.4, 0.5) is 5.13 Å². The third kappa shape index (κ3) is 9.07. The van der Waals surface area contributed by atoms with E-state index in [0.29, 0.717) is 20.6 Å². The van der Waals surface area contributed by atoms with Gasteiger partial charge < -0.3 is 24.9 Å². The molecule has 9 rings (SSSR count). The quantitative estimate of drug-likeness (QED) is 0.0239. The summed E-state index contributed by atoms with van der Waals surface area (Å²) >= 11 is 8.46. The molecular weight excluding hydrogens is 879 g/mol. The third-order valence-electron chi connectivity index (χ3n) is 10.8. The Balaban J connectivity index is 0.973. The number of anilines is 1. The van der Waals surface area contributed by atoms with Crippen molar-refractivity contribution in [2.24, 2.45) is 5.16 Å². The van der Waals surface area contributed by atoms with Crippen LogP contribution in [-0.4, -0.2) is 68.9 Å². The highest BCUT2D eigenvalue weighted by Crippen LogP contribution is 2.41. The molecule has 326 valence electrons. The third-order valence-corrected chi connectivity index (χ3v) is 12.9. The van der Waals surface area contributed by atoms with E-state index in [0.717, 1.165) is 32.8 Å². The van der Waals surface area contributed by atoms with Gasteiger partial charge in [0.25, 0.3) is 5.91 Å². The van der Waals surface area contributed by atoms with Gasteiger partial charge in [-0.25, -0.2) is 19.7 Å². The second-order valence-corrected chi connectivity index (χ2v) is 17.5. The summed E-state index contributed by atoms with van der Waals surface area (Å²) in [5.41, 5.74) is 4.49. The Bertz CT molecular complexity index is 2710. The van der Waals surface area contributed by atoms with Crippen LogP contribution < -0.4 is 10.6 Å². The van der Waals surface area contributed by atoms with Crippen LogP contribution in [0.15, 0.2) is 173 Å². The number of nitrogens with zero attached hydrogens (tertiary/aromatic N) is 5. The van der Waals surface area contributed by atoms with E-state index >= 15 is 0 Å². The lowest BCUT2D eigenvalue weighted by molar-refractivity contribution is -0.395. The number of ether oxygens (including phenoxy) is 2. The van der Waals surface area contributed by atoms with Gasteiger partial charge in [0, 0.05) is 11.8 Å². The number of hydrogen-bond acceptors (Lipinski definition) is 15. The highest BCUT2D eigenvalue weighted by Gasteiger charge is 2.51. The number of carbonyl (C=O) groups is 2. The fraction of sp³-hybridized carbons (Fsp3) is 0.163. The molecule has 2 aliphatic rings. The van der Waals surface area contributed by atoms with Crippen molar-refractivity contribution in [1.82, 2.24) is 25.6 Å². The number of rotatable bonds is 16. The van der Waals surface area contributed by atoms with Gasteiger partial charge in [0.05, 0.1) is 11.5 Å². The van der Waals surface area contributed by atoms with Gasteiger partial charge in [0.15, 0.2) is 27.7 Å². The second kappa shape index (κ2) is 19.4. The van der Waals surface area contributed by atoms with E-state index in [4.69, 9.17) is 36.4 Å². The fourth-order valence-corrected chi connectivity index (χ4v) is 9.53. The zero-order valence-electron chi connectivity index (χ0n) is 35.1. The summed E-state index contributed by atoms with van der Waals surface area (Å²) in [6.07, 6.45) is -2.51. The normalized spacial score (nSPS) is 16.0. The van der Waals surface area contributed by atoms with Crippen LogP contribution in [0.5, 0.6) is 0 Å². The summed E-state index contributed by atoms with van der Waals surface area (Å²) in [5, 5.41) is 23.9. The van der Waals surface area contributed by atoms with Gasteiger partial charge in [-0.15, -0.1) is 21.5 Å². The molecular formula is C49H41N7O6S3. The summed E-state index contributed by atoms with van der Waals surface area (Å²) in [6, 6.07) is 49.4. The number of esters is 1. The van der Waals surface area contributed by atoms with Crippen molar-refractivity contribution < 1.29 is 28.7 Å². The van der Waals surface area contributed by atoms with Crippen molar-refractivity contribution in [3.63, 3.8) is 0 Å². The molecule has 0 saturated carbocycles. The summed E-state index contributed by atoms with van der Waals surface area (Å²) in [4.78, 5) is 45.4. The molecule has 65 heavy (non-hydrogen) atoms. The molecule has 1 fully saturated rings. The first-order valence-corrected chi connectivity index (χ1v) is 22.7. The molecule has 2 N–H and O–H groups in total. The first-order valence-electron chi connectivity index (χ1n) is 20.6. The number of aryl methyl sites for hydroxylation is 1. The number of carbonyl (C=O) groups excluding carboxylic acids is 2. The molecule has 0 bridgehead atoms. The molecule has 1 amide bonds. The standard InChI is InChI=1S/C49H41N7O6S3/c1-31-53-54-45(65-31)39(63)28-34-29-60-46-44(62-56(46)41(34)47(58)61-42(32-18-8-3-9-19-32)33-20-10-4-11-21-33)51-43(57)40(55-59-2)38-30-64-48(50-38)52-49(35-22-12-5-13-23-35,36-24-14-6-15-25-36)37-26-16-7-17-27-37/h3-27,30,42,44,46H,28-29H2,1-2H3,(H,50,52)(H,51,57). The van der Waals surface area contributed by atoms with Gasteiger partial charge in [0.2, 0.25) is 12.5 Å². The smallest absolute Gasteiger partial charge is 0.358 e. The van der Waals surface area contributed by atoms with Gasteiger partial charge in [-0.1, -0.05) is 180 Å². The Morgan fingerprint density at radius 2 is 1.40 bits per heavy atom. The Morgan fingerprint density at radius 1 is 0.846 bits per heavy atom. The second-order valence-electron chi connectivity index (χ2n) is 14.9. The lowest BCUT2D eigenvalue weighted by Crippen LogP contribution is -2.68. The van der Waals surface area contributed by atoms with Crippen LogP contribution in [0.25, 0.3) is 0 Å². The average molecular weight is 920 g/mol. The monoisotopic (exact) mass is 919 g/mol. The molecule has 7 aromatic rings. The van der Waals surface area contributed by atoms with Crippen LogP contribution in [0.1, 0.15) is 56.1 Å². The minimum Gasteiger partial charge on any atom is -0.448 e. The first kappa shape index (κ1) is 43.3. The van der Waals surface area contributed by atoms with E-state index in [1.165, 1.54) is 34.8 Å². The summed E-state index contributed by atoms with van der Waals surface area (Å²) in [5.74, 6) is -1.30. The van der Waals surface area contributed by atoms with Crippen LogP contribution in [0, 0.1) is 6.92 Å². The lowest BCUT2D eigenvalue weighted by atomic mass is 9.77. The Kier molecular flexibility index (Phi) is 12.9. The van der Waals surface area contributed by atoms with Crippen LogP contribution in [0.3, 0.4) is 0 Å². The number of thiocarbonyl (C=S) groups is 1. The number of aromatic nitrogens is 3. The number of thiazole rings is 1. The van der Waals surface area contributed by atoms with Crippen molar-refractivity contribution in [3.8, 4) is 0 Å². The number of amides is 1. The molecule has 0 aliphatic carbocycles. The molecule has 2 atom stereocenters. The van der Waals surface area contributed by atoms with Crippen molar-refractivity contribution in [3.05, 3.63) is 212 Å². The van der Waals surface area contributed by atoms with E-state index in [1.54, 1.807) is 5.38 Å². The minimum absolute atomic E-state index is 0.00722. The summed E-state index contributed by atoms with van der Waals surface area (Å²) in [6.45, 7) is 1.84. The van der Waals surface area contributed by atoms with E-state index < -0.39 is 36.0 Å². The maximum atomic E-state index is 14.5. The van der Waals surface area contributed by atoms with Gasteiger partial charge in [0.1, 0.15) is 23.4 Å². The predicted molar refractivity (Wildman–Crippen MR) is 252 cm³/mol. The van der Waals surface area contributed by atoms with Crippen molar-refractivity contribution in [2.75, 3.05) is 19.0 Å². The first-order chi connectivity index (χ1) is 31.8. The number of fused-ring (bicyclic) bond motifs is 1. The summed E-state index contributed by atoms with van der Waals surface area (Å²) < 4.78 is 12.6. The number of hydroxylamine groups is 2. The van der Waals surface area contributed by atoms with Gasteiger partial charge >= 0.3 is 5.97 Å². The molecule has 2 unspecified atom stereocenters. The van der Waals surface area contributed by atoms with Crippen molar-refractivity contribution in [2.45, 2.75) is 37.4 Å². The van der Waals surface area contributed by atoms with E-state index in [2.05, 4.69) is 62.4 Å². The maximum Gasteiger partial charge on any atom is 0.358 e. The molecule has 2 aromatic heterocycles. The Hall–Kier alpha value is -6.95. The molecule has 0 radical (unpaired) electrons. The van der Waals surface area contributed by atoms with Crippen molar-refractivity contribution >= 4 is 62.5 Å². The molecule has 13 nitrogen and oxygen atoms in total. The maximum absolute atomic E-state index is 14.5. The topological polar surface area (TPSA) is 149 Å². The Labute approximate surface area is 388 Å². The molecule has 16 heteroatoms.